The average molecular weight is 292 g/mol. The molecule has 21 heavy (non-hydrogen) atoms. The van der Waals surface area contributed by atoms with E-state index >= 15 is 0 Å². The molecule has 1 aromatic rings. The third-order valence-electron chi connectivity index (χ3n) is 3.18. The van der Waals surface area contributed by atoms with Crippen LogP contribution in [0, 0.1) is 6.92 Å². The predicted octanol–water partition coefficient (Wildman–Crippen LogP) is 5.50. The molecule has 0 aromatic carbocycles. The lowest BCUT2D eigenvalue weighted by molar-refractivity contribution is -0.114. The summed E-state index contributed by atoms with van der Waals surface area (Å²) in [6.45, 7) is 7.95. The Morgan fingerprint density at radius 3 is 2.00 bits per heavy atom. The Kier molecular flexibility index (Phi) is 12.7. The highest BCUT2D eigenvalue weighted by Crippen LogP contribution is 2.07. The molecule has 0 aliphatic heterocycles. The minimum absolute atomic E-state index is 0.0944. The first-order valence-electron chi connectivity index (χ1n) is 8.30. The number of carbonyl (C=O) groups is 1. The molecule has 0 radical (unpaired) electrons. The number of hydrogen-bond donors (Lipinski definition) is 1. The number of nitrogens with zero attached hydrogens (tertiary/aromatic N) is 1. The summed E-state index contributed by atoms with van der Waals surface area (Å²) in [6.07, 6.45) is 13.1. The maximum Gasteiger partial charge on any atom is 0.222 e. The molecular formula is C18H32N2O. The Morgan fingerprint density at radius 1 is 1.05 bits per heavy atom. The summed E-state index contributed by atoms with van der Waals surface area (Å²) >= 11 is 0. The molecule has 0 fully saturated rings. The minimum atomic E-state index is -0.0944. The van der Waals surface area contributed by atoms with E-state index in [-0.39, 0.29) is 5.91 Å². The van der Waals surface area contributed by atoms with Crippen molar-refractivity contribution in [2.45, 2.75) is 79.1 Å². The van der Waals surface area contributed by atoms with Crippen LogP contribution in [0.15, 0.2) is 18.3 Å². The summed E-state index contributed by atoms with van der Waals surface area (Å²) in [5.74, 6) is 0.514. The van der Waals surface area contributed by atoms with Crippen molar-refractivity contribution in [2.24, 2.45) is 0 Å². The average Bonchev–Trinajstić information content (AvgIpc) is 2.43. The third kappa shape index (κ3) is 13.4. The smallest absolute Gasteiger partial charge is 0.222 e. The lowest BCUT2D eigenvalue weighted by Crippen LogP contribution is -2.07. The predicted molar refractivity (Wildman–Crippen MR) is 91.6 cm³/mol. The molecule has 0 aliphatic carbocycles. The van der Waals surface area contributed by atoms with Crippen molar-refractivity contribution in [1.29, 1.82) is 0 Å². The van der Waals surface area contributed by atoms with Gasteiger partial charge in [0, 0.05) is 13.1 Å². The zero-order valence-electron chi connectivity index (χ0n) is 14.2. The van der Waals surface area contributed by atoms with Gasteiger partial charge in [0.2, 0.25) is 5.91 Å². The molecule has 0 aliphatic rings. The topological polar surface area (TPSA) is 42.0 Å². The van der Waals surface area contributed by atoms with Crippen LogP contribution in [0.4, 0.5) is 5.82 Å². The molecule has 1 heterocycles. The molecule has 120 valence electrons. The van der Waals surface area contributed by atoms with E-state index in [9.17, 15) is 4.79 Å². The molecule has 0 spiro atoms. The second-order valence-electron chi connectivity index (χ2n) is 5.52. The van der Waals surface area contributed by atoms with E-state index in [0.717, 1.165) is 5.56 Å². The number of carbonyl (C=O) groups excluding carboxylic acids is 1. The molecule has 0 atom stereocenters. The monoisotopic (exact) mass is 292 g/mol. The van der Waals surface area contributed by atoms with Gasteiger partial charge in [0.05, 0.1) is 0 Å². The van der Waals surface area contributed by atoms with E-state index in [2.05, 4.69) is 24.1 Å². The maximum absolute atomic E-state index is 10.6. The molecule has 3 heteroatoms. The number of anilines is 1. The molecule has 3 nitrogen and oxygen atoms in total. The van der Waals surface area contributed by atoms with E-state index in [1.54, 1.807) is 6.20 Å². The Bertz CT molecular complexity index is 369. The number of aromatic nitrogens is 1. The minimum Gasteiger partial charge on any atom is -0.311 e. The molecular weight excluding hydrogens is 260 g/mol. The highest BCUT2D eigenvalue weighted by atomic mass is 16.1. The first kappa shape index (κ1) is 19.6. The Hall–Kier alpha value is -1.38. The van der Waals surface area contributed by atoms with Crippen LogP contribution in [0.3, 0.4) is 0 Å². The molecule has 0 unspecified atom stereocenters. The number of hydrogen-bond acceptors (Lipinski definition) is 2. The van der Waals surface area contributed by atoms with Crippen LogP contribution in [0.5, 0.6) is 0 Å². The standard InChI is InChI=1S/C10H22.C8H10N2O/c1-3-5-7-9-10-8-6-4-2;1-6-3-4-9-8(5-6)10-7(2)11/h3-10H2,1-2H3;3-5H,1-2H3,(H,9,10,11). The molecule has 1 amide bonds. The van der Waals surface area contributed by atoms with Crippen LogP contribution in [0.2, 0.25) is 0 Å². The molecule has 0 bridgehead atoms. The third-order valence-corrected chi connectivity index (χ3v) is 3.18. The lowest BCUT2D eigenvalue weighted by Gasteiger charge is -1.99. The number of amides is 1. The molecule has 0 saturated carbocycles. The highest BCUT2D eigenvalue weighted by Gasteiger charge is 1.94. The van der Waals surface area contributed by atoms with Crippen molar-refractivity contribution >= 4 is 11.7 Å². The number of pyridine rings is 1. The Labute approximate surface area is 130 Å². The van der Waals surface area contributed by atoms with Gasteiger partial charge in [0.15, 0.2) is 0 Å². The van der Waals surface area contributed by atoms with Crippen LogP contribution in [-0.4, -0.2) is 10.9 Å². The number of rotatable bonds is 8. The van der Waals surface area contributed by atoms with Gasteiger partial charge in [-0.05, 0) is 24.6 Å². The Balaban J connectivity index is 0.000000384. The highest BCUT2D eigenvalue weighted by molar-refractivity contribution is 5.87. The van der Waals surface area contributed by atoms with Crippen molar-refractivity contribution < 1.29 is 4.79 Å². The van der Waals surface area contributed by atoms with Crippen LogP contribution in [0.1, 0.15) is 77.7 Å². The van der Waals surface area contributed by atoms with Gasteiger partial charge in [-0.2, -0.15) is 0 Å². The van der Waals surface area contributed by atoms with Crippen molar-refractivity contribution in [1.82, 2.24) is 4.98 Å². The second kappa shape index (κ2) is 13.6. The van der Waals surface area contributed by atoms with Gasteiger partial charge in [-0.15, -0.1) is 0 Å². The fourth-order valence-electron chi connectivity index (χ4n) is 1.99. The van der Waals surface area contributed by atoms with Crippen molar-refractivity contribution in [3.8, 4) is 0 Å². The Morgan fingerprint density at radius 2 is 1.57 bits per heavy atom. The number of aryl methyl sites for hydroxylation is 1. The van der Waals surface area contributed by atoms with Crippen LogP contribution in [-0.2, 0) is 4.79 Å². The zero-order valence-corrected chi connectivity index (χ0v) is 14.2. The molecule has 1 rings (SSSR count). The largest absolute Gasteiger partial charge is 0.311 e. The normalized spacial score (nSPS) is 9.71. The summed E-state index contributed by atoms with van der Waals surface area (Å²) in [7, 11) is 0. The first-order chi connectivity index (χ1) is 10.1. The van der Waals surface area contributed by atoms with Crippen LogP contribution >= 0.6 is 0 Å². The van der Waals surface area contributed by atoms with E-state index in [1.807, 2.05) is 19.1 Å². The molecule has 0 saturated heterocycles. The number of unbranched alkanes of at least 4 members (excludes halogenated alkanes) is 7. The molecule has 1 N–H and O–H groups in total. The van der Waals surface area contributed by atoms with Gasteiger partial charge >= 0.3 is 0 Å². The van der Waals surface area contributed by atoms with E-state index in [4.69, 9.17) is 0 Å². The summed E-state index contributed by atoms with van der Waals surface area (Å²) in [5, 5.41) is 2.60. The zero-order chi connectivity index (χ0) is 15.9. The first-order valence-corrected chi connectivity index (χ1v) is 8.30. The summed E-state index contributed by atoms with van der Waals surface area (Å²) in [6, 6.07) is 3.70. The van der Waals surface area contributed by atoms with Gasteiger partial charge < -0.3 is 5.32 Å². The van der Waals surface area contributed by atoms with Crippen molar-refractivity contribution in [3.05, 3.63) is 23.9 Å². The fourth-order valence-corrected chi connectivity index (χ4v) is 1.99. The quantitative estimate of drug-likeness (QED) is 0.643. The second-order valence-corrected chi connectivity index (χ2v) is 5.52. The van der Waals surface area contributed by atoms with E-state index in [1.165, 1.54) is 58.3 Å². The summed E-state index contributed by atoms with van der Waals surface area (Å²) in [5.41, 5.74) is 1.09. The van der Waals surface area contributed by atoms with E-state index in [0.29, 0.717) is 5.82 Å². The van der Waals surface area contributed by atoms with E-state index < -0.39 is 0 Å². The maximum atomic E-state index is 10.6. The summed E-state index contributed by atoms with van der Waals surface area (Å²) in [4.78, 5) is 14.5. The summed E-state index contributed by atoms with van der Waals surface area (Å²) < 4.78 is 0. The fraction of sp³-hybridized carbons (Fsp3) is 0.667. The van der Waals surface area contributed by atoms with Crippen molar-refractivity contribution in [3.63, 3.8) is 0 Å². The molecule has 1 aromatic heterocycles. The van der Waals surface area contributed by atoms with Crippen LogP contribution in [0.25, 0.3) is 0 Å². The van der Waals surface area contributed by atoms with Gasteiger partial charge in [-0.1, -0.05) is 65.2 Å². The number of nitrogens with one attached hydrogen (secondary N) is 1. The van der Waals surface area contributed by atoms with Gasteiger partial charge in [0.25, 0.3) is 0 Å². The SMILES string of the molecule is CC(=O)Nc1cc(C)ccn1.CCCCCCCCCC. The van der Waals surface area contributed by atoms with Gasteiger partial charge in [-0.25, -0.2) is 4.98 Å². The van der Waals surface area contributed by atoms with Gasteiger partial charge in [0.1, 0.15) is 5.82 Å². The van der Waals surface area contributed by atoms with Crippen molar-refractivity contribution in [2.75, 3.05) is 5.32 Å². The lowest BCUT2D eigenvalue weighted by atomic mass is 10.1. The van der Waals surface area contributed by atoms with Gasteiger partial charge in [-0.3, -0.25) is 4.79 Å². The van der Waals surface area contributed by atoms with Crippen LogP contribution < -0.4 is 5.32 Å².